The number of thioether (sulfide) groups is 1. The number of nitrogens with zero attached hydrogens (tertiary/aromatic N) is 2. The zero-order valence-electron chi connectivity index (χ0n) is 17.2. The summed E-state index contributed by atoms with van der Waals surface area (Å²) < 4.78 is 1.59. The smallest absolute Gasteiger partial charge is 0.267 e. The zero-order chi connectivity index (χ0) is 22.1. The fourth-order valence-corrected chi connectivity index (χ4v) is 5.24. The summed E-state index contributed by atoms with van der Waals surface area (Å²) in [4.78, 5) is 32.5. The van der Waals surface area contributed by atoms with Crippen LogP contribution < -0.4 is 10.9 Å². The molecule has 1 N–H and O–H groups in total. The predicted molar refractivity (Wildman–Crippen MR) is 130 cm³/mol. The molecule has 158 valence electrons. The van der Waals surface area contributed by atoms with Gasteiger partial charge in [-0.2, -0.15) is 0 Å². The Bertz CT molecular complexity index is 1340. The second-order valence-electron chi connectivity index (χ2n) is 7.15. The molecule has 4 aromatic rings. The number of aryl methyl sites for hydroxylation is 3. The van der Waals surface area contributed by atoms with Gasteiger partial charge >= 0.3 is 0 Å². The lowest BCUT2D eigenvalue weighted by atomic mass is 10.2. The molecule has 0 atom stereocenters. The van der Waals surface area contributed by atoms with Crippen LogP contribution in [0, 0.1) is 20.8 Å². The summed E-state index contributed by atoms with van der Waals surface area (Å²) in [6.07, 6.45) is 0. The summed E-state index contributed by atoms with van der Waals surface area (Å²) in [5.74, 6) is -0.125. The van der Waals surface area contributed by atoms with Crippen LogP contribution in [0.2, 0.25) is 5.02 Å². The number of benzene rings is 2. The van der Waals surface area contributed by atoms with E-state index in [0.717, 1.165) is 21.7 Å². The van der Waals surface area contributed by atoms with Gasteiger partial charge in [0.25, 0.3) is 5.56 Å². The van der Waals surface area contributed by atoms with E-state index in [1.165, 1.54) is 23.1 Å². The van der Waals surface area contributed by atoms with Gasteiger partial charge in [-0.15, -0.1) is 11.3 Å². The molecule has 0 unspecified atom stereocenters. The maximum absolute atomic E-state index is 13.4. The van der Waals surface area contributed by atoms with Crippen LogP contribution in [0.5, 0.6) is 0 Å². The van der Waals surface area contributed by atoms with Crippen molar-refractivity contribution in [3.8, 4) is 5.69 Å². The number of thiophene rings is 1. The van der Waals surface area contributed by atoms with Gasteiger partial charge in [-0.3, -0.25) is 14.2 Å². The van der Waals surface area contributed by atoms with Crippen LogP contribution >= 0.6 is 34.7 Å². The molecule has 0 radical (unpaired) electrons. The van der Waals surface area contributed by atoms with E-state index in [2.05, 4.69) is 5.32 Å². The first-order valence-corrected chi connectivity index (χ1v) is 11.8. The van der Waals surface area contributed by atoms with Gasteiger partial charge in [-0.05, 0) is 50.6 Å². The van der Waals surface area contributed by atoms with Crippen molar-refractivity contribution in [3.05, 3.63) is 79.9 Å². The standard InChI is InChI=1S/C23H20ClN3O2S2/c1-13-8-10-16(11-9-13)27-22(29)20-14(2)15(3)31-21(20)26-23(27)30-12-19(28)25-18-7-5-4-6-17(18)24/h4-11H,12H2,1-3H3,(H,25,28). The van der Waals surface area contributed by atoms with Crippen molar-refractivity contribution in [1.29, 1.82) is 0 Å². The normalized spacial score (nSPS) is 11.1. The van der Waals surface area contributed by atoms with E-state index in [1.54, 1.807) is 28.8 Å². The van der Waals surface area contributed by atoms with Crippen molar-refractivity contribution in [2.45, 2.75) is 25.9 Å². The molecule has 2 heterocycles. The van der Waals surface area contributed by atoms with Crippen molar-refractivity contribution < 1.29 is 4.79 Å². The Kier molecular flexibility index (Phi) is 6.18. The first-order valence-electron chi connectivity index (χ1n) is 9.62. The average Bonchev–Trinajstić information content (AvgIpc) is 3.03. The van der Waals surface area contributed by atoms with E-state index in [1.807, 2.05) is 45.0 Å². The number of nitrogens with one attached hydrogen (secondary N) is 1. The molecule has 0 spiro atoms. The van der Waals surface area contributed by atoms with Crippen molar-refractivity contribution >= 4 is 56.5 Å². The van der Waals surface area contributed by atoms with Crippen molar-refractivity contribution in [3.63, 3.8) is 0 Å². The SMILES string of the molecule is Cc1ccc(-n2c(SCC(=O)Nc3ccccc3Cl)nc3sc(C)c(C)c3c2=O)cc1. The Hall–Kier alpha value is -2.61. The molecule has 0 saturated heterocycles. The fraction of sp³-hybridized carbons (Fsp3) is 0.174. The topological polar surface area (TPSA) is 64.0 Å². The Morgan fingerprint density at radius 3 is 2.55 bits per heavy atom. The number of aromatic nitrogens is 2. The lowest BCUT2D eigenvalue weighted by Crippen LogP contribution is -2.23. The summed E-state index contributed by atoms with van der Waals surface area (Å²) in [7, 11) is 0. The molecule has 4 rings (SSSR count). The predicted octanol–water partition coefficient (Wildman–Crippen LogP) is 5.76. The second-order valence-corrected chi connectivity index (χ2v) is 9.70. The Morgan fingerprint density at radius 1 is 1.13 bits per heavy atom. The van der Waals surface area contributed by atoms with Gasteiger partial charge < -0.3 is 5.32 Å². The molecule has 2 aromatic carbocycles. The van der Waals surface area contributed by atoms with Crippen LogP contribution in [0.4, 0.5) is 5.69 Å². The van der Waals surface area contributed by atoms with Gasteiger partial charge in [-0.25, -0.2) is 4.98 Å². The lowest BCUT2D eigenvalue weighted by molar-refractivity contribution is -0.113. The van der Waals surface area contributed by atoms with Crippen molar-refractivity contribution in [2.75, 3.05) is 11.1 Å². The first-order chi connectivity index (χ1) is 14.8. The molecule has 1 amide bonds. The van der Waals surface area contributed by atoms with Gasteiger partial charge in [0, 0.05) is 4.88 Å². The van der Waals surface area contributed by atoms with Crippen LogP contribution in [-0.2, 0) is 4.79 Å². The second kappa shape index (κ2) is 8.86. The quantitative estimate of drug-likeness (QED) is 0.298. The van der Waals surface area contributed by atoms with E-state index in [0.29, 0.717) is 26.1 Å². The van der Waals surface area contributed by atoms with Gasteiger partial charge in [-0.1, -0.05) is 53.2 Å². The van der Waals surface area contributed by atoms with Crippen LogP contribution in [0.15, 0.2) is 58.5 Å². The van der Waals surface area contributed by atoms with Crippen molar-refractivity contribution in [1.82, 2.24) is 9.55 Å². The Morgan fingerprint density at radius 2 is 1.84 bits per heavy atom. The number of fused-ring (bicyclic) bond motifs is 1. The average molecular weight is 470 g/mol. The molecule has 0 fully saturated rings. The number of hydrogen-bond donors (Lipinski definition) is 1. The molecule has 8 heteroatoms. The minimum atomic E-state index is -0.221. The van der Waals surface area contributed by atoms with E-state index in [9.17, 15) is 9.59 Å². The van der Waals surface area contributed by atoms with Crippen LogP contribution in [0.25, 0.3) is 15.9 Å². The molecular formula is C23H20ClN3O2S2. The largest absolute Gasteiger partial charge is 0.324 e. The maximum atomic E-state index is 13.4. The van der Waals surface area contributed by atoms with E-state index in [4.69, 9.17) is 16.6 Å². The highest BCUT2D eigenvalue weighted by atomic mass is 35.5. The van der Waals surface area contributed by atoms with Crippen molar-refractivity contribution in [2.24, 2.45) is 0 Å². The van der Waals surface area contributed by atoms with Gasteiger partial charge in [0.1, 0.15) is 4.83 Å². The molecule has 5 nitrogen and oxygen atoms in total. The first kappa shape index (κ1) is 21.6. The molecular weight excluding hydrogens is 450 g/mol. The third-order valence-corrected chi connectivity index (χ3v) is 7.31. The summed E-state index contributed by atoms with van der Waals surface area (Å²) in [6.45, 7) is 5.93. The number of rotatable bonds is 5. The van der Waals surface area contributed by atoms with E-state index < -0.39 is 0 Å². The number of anilines is 1. The molecule has 31 heavy (non-hydrogen) atoms. The maximum Gasteiger partial charge on any atom is 0.267 e. The van der Waals surface area contributed by atoms with Crippen LogP contribution in [0.1, 0.15) is 16.0 Å². The third-order valence-electron chi connectivity index (χ3n) is 4.94. The monoisotopic (exact) mass is 469 g/mol. The van der Waals surface area contributed by atoms with Crippen LogP contribution in [0.3, 0.4) is 0 Å². The molecule has 0 aliphatic rings. The summed E-state index contributed by atoms with van der Waals surface area (Å²) in [5.41, 5.74) is 3.21. The third kappa shape index (κ3) is 4.39. The van der Waals surface area contributed by atoms with Gasteiger partial charge in [0.2, 0.25) is 5.91 Å². The number of carbonyl (C=O) groups excluding carboxylic acids is 1. The van der Waals surface area contributed by atoms with Gasteiger partial charge in [0.15, 0.2) is 5.16 Å². The number of amides is 1. The highest BCUT2D eigenvalue weighted by molar-refractivity contribution is 7.99. The highest BCUT2D eigenvalue weighted by Crippen LogP contribution is 2.30. The number of halogens is 1. The number of hydrogen-bond acceptors (Lipinski definition) is 5. The molecule has 0 aliphatic heterocycles. The summed E-state index contributed by atoms with van der Waals surface area (Å²) in [6, 6.07) is 14.8. The van der Waals surface area contributed by atoms with Gasteiger partial charge in [0.05, 0.1) is 27.5 Å². The Labute approximate surface area is 193 Å². The zero-order valence-corrected chi connectivity index (χ0v) is 19.6. The lowest BCUT2D eigenvalue weighted by Gasteiger charge is -2.13. The van der Waals surface area contributed by atoms with E-state index in [-0.39, 0.29) is 17.2 Å². The molecule has 0 bridgehead atoms. The van der Waals surface area contributed by atoms with Crippen LogP contribution in [-0.4, -0.2) is 21.2 Å². The molecule has 0 saturated carbocycles. The fourth-order valence-electron chi connectivity index (χ4n) is 3.17. The summed E-state index contributed by atoms with van der Waals surface area (Å²) >= 11 is 8.85. The number of carbonyl (C=O) groups is 1. The molecule has 2 aromatic heterocycles. The molecule has 0 aliphatic carbocycles. The minimum absolute atomic E-state index is 0.0956. The Balaban J connectivity index is 1.71. The highest BCUT2D eigenvalue weighted by Gasteiger charge is 2.19. The minimum Gasteiger partial charge on any atom is -0.324 e. The summed E-state index contributed by atoms with van der Waals surface area (Å²) in [5, 5.41) is 4.40. The van der Waals surface area contributed by atoms with E-state index >= 15 is 0 Å². The number of para-hydroxylation sites is 1.